The highest BCUT2D eigenvalue weighted by molar-refractivity contribution is 7.99. The van der Waals surface area contributed by atoms with Crippen LogP contribution < -0.4 is 15.4 Å². The van der Waals surface area contributed by atoms with E-state index in [1.165, 1.54) is 18.9 Å². The Morgan fingerprint density at radius 3 is 2.66 bits per heavy atom. The van der Waals surface area contributed by atoms with Gasteiger partial charge in [0.05, 0.1) is 35.7 Å². The maximum atomic E-state index is 12.4. The standard InChI is InChI=1S/C21H21Cl2N5O3S/c1-3-28-18(11-24-20(30)14-6-4-5-7-15(14)23)26-27-21(28)32-12-19(29)25-16-10-13(22)8-9-17(16)31-2/h4-10H,3,11-12H2,1-2H3,(H,24,30)(H,25,29). The number of aromatic nitrogens is 3. The van der Waals surface area contributed by atoms with E-state index in [4.69, 9.17) is 27.9 Å². The van der Waals surface area contributed by atoms with Gasteiger partial charge in [0, 0.05) is 11.6 Å². The summed E-state index contributed by atoms with van der Waals surface area (Å²) in [5, 5.41) is 15.3. The molecule has 2 aromatic carbocycles. The molecule has 168 valence electrons. The maximum Gasteiger partial charge on any atom is 0.253 e. The first-order valence-corrected chi connectivity index (χ1v) is 11.4. The number of nitrogens with zero attached hydrogens (tertiary/aromatic N) is 3. The molecule has 11 heteroatoms. The Morgan fingerprint density at radius 1 is 1.16 bits per heavy atom. The van der Waals surface area contributed by atoms with Crippen molar-refractivity contribution in [2.75, 3.05) is 18.2 Å². The summed E-state index contributed by atoms with van der Waals surface area (Å²) < 4.78 is 7.08. The van der Waals surface area contributed by atoms with Crippen LogP contribution in [0.5, 0.6) is 5.75 Å². The Labute approximate surface area is 199 Å². The zero-order valence-corrected chi connectivity index (χ0v) is 19.7. The molecule has 0 aliphatic rings. The number of nitrogens with one attached hydrogen (secondary N) is 2. The molecule has 0 saturated carbocycles. The van der Waals surface area contributed by atoms with Gasteiger partial charge in [0.2, 0.25) is 5.91 Å². The van der Waals surface area contributed by atoms with Crippen LogP contribution in [0.2, 0.25) is 10.0 Å². The lowest BCUT2D eigenvalue weighted by Gasteiger charge is -2.11. The van der Waals surface area contributed by atoms with Gasteiger partial charge in [-0.1, -0.05) is 47.1 Å². The number of amides is 2. The number of thioether (sulfide) groups is 1. The van der Waals surface area contributed by atoms with Gasteiger partial charge in [-0.15, -0.1) is 10.2 Å². The van der Waals surface area contributed by atoms with Crippen molar-refractivity contribution >= 4 is 52.5 Å². The van der Waals surface area contributed by atoms with E-state index in [0.29, 0.717) is 44.6 Å². The van der Waals surface area contributed by atoms with Gasteiger partial charge in [-0.25, -0.2) is 0 Å². The van der Waals surface area contributed by atoms with Crippen molar-refractivity contribution in [3.8, 4) is 5.75 Å². The minimum atomic E-state index is -0.301. The molecule has 0 aliphatic carbocycles. The molecule has 0 aliphatic heterocycles. The molecule has 32 heavy (non-hydrogen) atoms. The van der Waals surface area contributed by atoms with Crippen molar-refractivity contribution in [3.05, 3.63) is 63.9 Å². The number of rotatable bonds is 9. The van der Waals surface area contributed by atoms with Crippen LogP contribution in [0.1, 0.15) is 23.1 Å². The highest BCUT2D eigenvalue weighted by Gasteiger charge is 2.16. The number of hydrogen-bond acceptors (Lipinski definition) is 6. The fraction of sp³-hybridized carbons (Fsp3) is 0.238. The predicted octanol–water partition coefficient (Wildman–Crippen LogP) is 4.27. The molecule has 0 spiro atoms. The summed E-state index contributed by atoms with van der Waals surface area (Å²) in [5.74, 6) is 0.660. The predicted molar refractivity (Wildman–Crippen MR) is 126 cm³/mol. The SMILES string of the molecule is CCn1c(CNC(=O)c2ccccc2Cl)nnc1SCC(=O)Nc1cc(Cl)ccc1OC. The van der Waals surface area contributed by atoms with Crippen LogP contribution in [0.15, 0.2) is 47.6 Å². The fourth-order valence-electron chi connectivity index (χ4n) is 2.87. The normalized spacial score (nSPS) is 10.6. The van der Waals surface area contributed by atoms with Crippen LogP contribution in [-0.2, 0) is 17.9 Å². The number of hydrogen-bond donors (Lipinski definition) is 2. The van der Waals surface area contributed by atoms with E-state index in [9.17, 15) is 9.59 Å². The molecule has 0 atom stereocenters. The average molecular weight is 494 g/mol. The summed E-state index contributed by atoms with van der Waals surface area (Å²) in [6.45, 7) is 2.69. The molecule has 1 aromatic heterocycles. The molecule has 0 unspecified atom stereocenters. The van der Waals surface area contributed by atoms with Crippen molar-refractivity contribution in [3.63, 3.8) is 0 Å². The van der Waals surface area contributed by atoms with Crippen LogP contribution in [0.3, 0.4) is 0 Å². The van der Waals surface area contributed by atoms with Crippen LogP contribution in [0.4, 0.5) is 5.69 Å². The van der Waals surface area contributed by atoms with E-state index in [-0.39, 0.29) is 24.1 Å². The number of halogens is 2. The smallest absolute Gasteiger partial charge is 0.253 e. The molecule has 3 aromatic rings. The van der Waals surface area contributed by atoms with Gasteiger partial charge in [0.1, 0.15) is 5.75 Å². The molecule has 2 N–H and O–H groups in total. The first kappa shape index (κ1) is 23.9. The molecular formula is C21H21Cl2N5O3S. The van der Waals surface area contributed by atoms with Crippen molar-refractivity contribution in [2.45, 2.75) is 25.2 Å². The van der Waals surface area contributed by atoms with Crippen LogP contribution >= 0.6 is 35.0 Å². The second-order valence-electron chi connectivity index (χ2n) is 6.49. The molecule has 8 nitrogen and oxygen atoms in total. The lowest BCUT2D eigenvalue weighted by molar-refractivity contribution is -0.113. The minimum Gasteiger partial charge on any atom is -0.495 e. The van der Waals surface area contributed by atoms with Gasteiger partial charge in [-0.2, -0.15) is 0 Å². The molecule has 1 heterocycles. The highest BCUT2D eigenvalue weighted by Crippen LogP contribution is 2.28. The highest BCUT2D eigenvalue weighted by atomic mass is 35.5. The van der Waals surface area contributed by atoms with E-state index in [0.717, 1.165) is 0 Å². The van der Waals surface area contributed by atoms with E-state index in [1.807, 2.05) is 11.5 Å². The molecule has 0 saturated heterocycles. The zero-order chi connectivity index (χ0) is 23.1. The number of ether oxygens (including phenoxy) is 1. The summed E-state index contributed by atoms with van der Waals surface area (Å²) in [7, 11) is 1.52. The molecule has 3 rings (SSSR count). The van der Waals surface area contributed by atoms with Crippen molar-refractivity contribution in [2.24, 2.45) is 0 Å². The molecule has 0 bridgehead atoms. The number of benzene rings is 2. The second kappa shape index (κ2) is 11.2. The van der Waals surface area contributed by atoms with Crippen LogP contribution in [0, 0.1) is 0 Å². The first-order chi connectivity index (χ1) is 15.4. The van der Waals surface area contributed by atoms with E-state index >= 15 is 0 Å². The zero-order valence-electron chi connectivity index (χ0n) is 17.4. The summed E-state index contributed by atoms with van der Waals surface area (Å²) >= 11 is 13.3. The lowest BCUT2D eigenvalue weighted by Crippen LogP contribution is -2.25. The Morgan fingerprint density at radius 2 is 1.94 bits per heavy atom. The number of carbonyl (C=O) groups is 2. The maximum absolute atomic E-state index is 12.4. The van der Waals surface area contributed by atoms with Gasteiger partial charge in [0.25, 0.3) is 5.91 Å². The summed E-state index contributed by atoms with van der Waals surface area (Å²) in [4.78, 5) is 24.8. The van der Waals surface area contributed by atoms with Crippen molar-refractivity contribution in [1.29, 1.82) is 0 Å². The quantitative estimate of drug-likeness (QED) is 0.431. The Kier molecular flexibility index (Phi) is 8.38. The number of anilines is 1. The fourth-order valence-corrected chi connectivity index (χ4v) is 4.08. The van der Waals surface area contributed by atoms with Gasteiger partial charge in [0.15, 0.2) is 11.0 Å². The van der Waals surface area contributed by atoms with Crippen LogP contribution in [0.25, 0.3) is 0 Å². The topological polar surface area (TPSA) is 98.1 Å². The Balaban J connectivity index is 1.60. The third-order valence-corrected chi connectivity index (χ3v) is 5.93. The Bertz CT molecular complexity index is 1120. The molecule has 0 fully saturated rings. The third-order valence-electron chi connectivity index (χ3n) is 4.40. The molecule has 2 amide bonds. The van der Waals surface area contributed by atoms with Crippen LogP contribution in [-0.4, -0.2) is 39.4 Å². The lowest BCUT2D eigenvalue weighted by atomic mass is 10.2. The van der Waals surface area contributed by atoms with E-state index in [1.54, 1.807) is 42.5 Å². The first-order valence-electron chi connectivity index (χ1n) is 9.64. The molecule has 0 radical (unpaired) electrons. The summed E-state index contributed by atoms with van der Waals surface area (Å²) in [6.07, 6.45) is 0. The largest absolute Gasteiger partial charge is 0.495 e. The van der Waals surface area contributed by atoms with E-state index < -0.39 is 0 Å². The monoisotopic (exact) mass is 493 g/mol. The summed E-state index contributed by atoms with van der Waals surface area (Å²) in [5.41, 5.74) is 0.880. The molecular weight excluding hydrogens is 473 g/mol. The van der Waals surface area contributed by atoms with Crippen molar-refractivity contribution < 1.29 is 14.3 Å². The van der Waals surface area contributed by atoms with Gasteiger partial charge in [-0.05, 0) is 37.3 Å². The third kappa shape index (κ3) is 5.93. The number of methoxy groups -OCH3 is 1. The second-order valence-corrected chi connectivity index (χ2v) is 8.27. The number of carbonyl (C=O) groups excluding carboxylic acids is 2. The van der Waals surface area contributed by atoms with Gasteiger partial charge in [-0.3, -0.25) is 9.59 Å². The average Bonchev–Trinajstić information content (AvgIpc) is 3.18. The summed E-state index contributed by atoms with van der Waals surface area (Å²) in [6, 6.07) is 11.8. The Hall–Kier alpha value is -2.75. The van der Waals surface area contributed by atoms with Gasteiger partial charge >= 0.3 is 0 Å². The van der Waals surface area contributed by atoms with Gasteiger partial charge < -0.3 is 19.9 Å². The minimum absolute atomic E-state index is 0.111. The van der Waals surface area contributed by atoms with Crippen molar-refractivity contribution in [1.82, 2.24) is 20.1 Å². The van der Waals surface area contributed by atoms with E-state index in [2.05, 4.69) is 20.8 Å².